The zero-order valence-corrected chi connectivity index (χ0v) is 17.1. The van der Waals surface area contributed by atoms with Gasteiger partial charge in [0.15, 0.2) is 0 Å². The highest BCUT2D eigenvalue weighted by Crippen LogP contribution is 2.37. The van der Waals surface area contributed by atoms with Crippen molar-refractivity contribution >= 4 is 27.8 Å². The summed E-state index contributed by atoms with van der Waals surface area (Å²) in [6, 6.07) is 5.10. The number of thioether (sulfide) groups is 1. The summed E-state index contributed by atoms with van der Waals surface area (Å²) in [7, 11) is -3.91. The van der Waals surface area contributed by atoms with Gasteiger partial charge in [-0.05, 0) is 56.7 Å². The maximum atomic E-state index is 13.1. The first-order chi connectivity index (χ1) is 12.2. The van der Waals surface area contributed by atoms with Crippen molar-refractivity contribution in [2.45, 2.75) is 55.7 Å². The number of unbranched alkanes of at least 4 members (excludes halogenated alkanes) is 1. The molecular formula is C18H27NO5S2. The van der Waals surface area contributed by atoms with Crippen LogP contribution < -0.4 is 4.74 Å². The monoisotopic (exact) mass is 401 g/mol. The van der Waals surface area contributed by atoms with Gasteiger partial charge in [-0.2, -0.15) is 16.1 Å². The number of aliphatic carboxylic acids is 1. The van der Waals surface area contributed by atoms with Gasteiger partial charge in [-0.1, -0.05) is 13.3 Å². The predicted molar refractivity (Wildman–Crippen MR) is 103 cm³/mol. The minimum Gasteiger partial charge on any atom is -0.494 e. The zero-order valence-electron chi connectivity index (χ0n) is 15.5. The molecule has 0 radical (unpaired) electrons. The Morgan fingerprint density at radius 1 is 1.35 bits per heavy atom. The van der Waals surface area contributed by atoms with Crippen LogP contribution in [0.1, 0.15) is 40.0 Å². The molecule has 0 amide bonds. The van der Waals surface area contributed by atoms with Gasteiger partial charge in [-0.15, -0.1) is 0 Å². The summed E-state index contributed by atoms with van der Waals surface area (Å²) in [5.41, 5.74) is 0. The van der Waals surface area contributed by atoms with Gasteiger partial charge < -0.3 is 9.84 Å². The van der Waals surface area contributed by atoms with Gasteiger partial charge in [0.1, 0.15) is 11.8 Å². The van der Waals surface area contributed by atoms with E-state index in [0.717, 1.165) is 22.9 Å². The number of carboxylic acids is 1. The van der Waals surface area contributed by atoms with Gasteiger partial charge in [-0.3, -0.25) is 4.79 Å². The van der Waals surface area contributed by atoms with E-state index in [-0.39, 0.29) is 11.4 Å². The quantitative estimate of drug-likeness (QED) is 0.706. The minimum absolute atomic E-state index is 0.0919. The van der Waals surface area contributed by atoms with Crippen molar-refractivity contribution in [2.75, 3.05) is 18.9 Å². The van der Waals surface area contributed by atoms with Crippen LogP contribution in [0.5, 0.6) is 5.75 Å². The van der Waals surface area contributed by atoms with Crippen LogP contribution in [0.4, 0.5) is 0 Å². The van der Waals surface area contributed by atoms with Crippen molar-refractivity contribution in [2.24, 2.45) is 0 Å². The minimum atomic E-state index is -3.91. The molecule has 0 unspecified atom stereocenters. The molecule has 1 aliphatic rings. The number of hydrogen-bond donors (Lipinski definition) is 1. The Kier molecular flexibility index (Phi) is 6.99. The van der Waals surface area contributed by atoms with Crippen molar-refractivity contribution in [3.8, 4) is 5.75 Å². The van der Waals surface area contributed by atoms with E-state index in [1.807, 2.05) is 0 Å². The van der Waals surface area contributed by atoms with E-state index in [1.165, 1.54) is 23.9 Å². The van der Waals surface area contributed by atoms with E-state index >= 15 is 0 Å². The summed E-state index contributed by atoms with van der Waals surface area (Å²) in [6.07, 6.45) is 2.57. The van der Waals surface area contributed by atoms with Crippen LogP contribution >= 0.6 is 11.8 Å². The second-order valence-electron chi connectivity index (χ2n) is 6.84. The van der Waals surface area contributed by atoms with Crippen molar-refractivity contribution in [1.29, 1.82) is 0 Å². The number of sulfonamides is 1. The number of carboxylic acid groups (broad SMARTS) is 1. The number of carbonyl (C=O) groups is 1. The Bertz CT molecular complexity index is 716. The Balaban J connectivity index is 2.30. The molecule has 8 heteroatoms. The molecule has 146 valence electrons. The molecule has 1 heterocycles. The fourth-order valence-corrected chi connectivity index (χ4v) is 5.97. The normalized spacial score (nSPS) is 21.1. The molecule has 0 bridgehead atoms. The number of ether oxygens (including phenoxy) is 1. The molecule has 1 aliphatic heterocycles. The average molecular weight is 402 g/mol. The first-order valence-corrected chi connectivity index (χ1v) is 11.2. The Hall–Kier alpha value is -1.25. The number of nitrogens with zero attached hydrogens (tertiary/aromatic N) is 1. The first-order valence-electron chi connectivity index (χ1n) is 8.81. The Labute approximate surface area is 160 Å². The fourth-order valence-electron chi connectivity index (χ4n) is 2.97. The molecule has 0 spiro atoms. The molecule has 1 aromatic carbocycles. The summed E-state index contributed by atoms with van der Waals surface area (Å²) >= 11 is 1.50. The molecule has 1 aromatic rings. The van der Waals surface area contributed by atoms with Crippen LogP contribution in [0, 0.1) is 0 Å². The van der Waals surface area contributed by atoms with E-state index < -0.39 is 26.8 Å². The smallest absolute Gasteiger partial charge is 0.323 e. The second kappa shape index (κ2) is 8.63. The number of hydrogen-bond acceptors (Lipinski definition) is 5. The van der Waals surface area contributed by atoms with Crippen LogP contribution in [0.3, 0.4) is 0 Å². The van der Waals surface area contributed by atoms with Gasteiger partial charge >= 0.3 is 5.97 Å². The summed E-state index contributed by atoms with van der Waals surface area (Å²) in [5.74, 6) is 0.221. The van der Waals surface area contributed by atoms with E-state index in [9.17, 15) is 18.3 Å². The second-order valence-corrected chi connectivity index (χ2v) is 10.5. The topological polar surface area (TPSA) is 83.9 Å². The molecule has 0 saturated carbocycles. The van der Waals surface area contributed by atoms with Crippen molar-refractivity contribution in [3.63, 3.8) is 0 Å². The summed E-state index contributed by atoms with van der Waals surface area (Å²) in [5, 5.41) is 9.70. The lowest BCUT2D eigenvalue weighted by atomic mass is 10.0. The lowest BCUT2D eigenvalue weighted by molar-refractivity contribution is -0.142. The molecule has 26 heavy (non-hydrogen) atoms. The zero-order chi connectivity index (χ0) is 19.4. The molecule has 6 nitrogen and oxygen atoms in total. The molecule has 0 aromatic heterocycles. The Morgan fingerprint density at radius 2 is 2.00 bits per heavy atom. The fraction of sp³-hybridized carbons (Fsp3) is 0.611. The SMILES string of the molecule is CCCCOc1ccc(S(=O)(=O)N2CCCSC(C)(C)[C@@H]2C(=O)O)cc1. The number of benzene rings is 1. The van der Waals surface area contributed by atoms with Crippen LogP contribution in [0.15, 0.2) is 29.2 Å². The van der Waals surface area contributed by atoms with E-state index in [1.54, 1.807) is 26.0 Å². The average Bonchev–Trinajstić information content (AvgIpc) is 2.73. The van der Waals surface area contributed by atoms with E-state index in [0.29, 0.717) is 18.8 Å². The van der Waals surface area contributed by atoms with Crippen LogP contribution in [0.25, 0.3) is 0 Å². The highest BCUT2D eigenvalue weighted by Gasteiger charge is 2.46. The standard InChI is InChI=1S/C18H27NO5S2/c1-4-5-12-24-14-7-9-15(10-8-14)26(22,23)19-11-6-13-25-18(2,3)16(19)17(20)21/h7-10,16H,4-6,11-13H2,1-3H3,(H,20,21)/t16-/m0/s1. The van der Waals surface area contributed by atoms with Crippen LogP contribution in [0.2, 0.25) is 0 Å². The molecular weight excluding hydrogens is 374 g/mol. The van der Waals surface area contributed by atoms with Crippen LogP contribution in [-0.4, -0.2) is 53.5 Å². The van der Waals surface area contributed by atoms with E-state index in [4.69, 9.17) is 4.74 Å². The third-order valence-corrected chi connectivity index (χ3v) is 7.71. The summed E-state index contributed by atoms with van der Waals surface area (Å²) in [4.78, 5) is 12.0. The summed E-state index contributed by atoms with van der Waals surface area (Å²) in [6.45, 7) is 6.43. The van der Waals surface area contributed by atoms with Crippen molar-refractivity contribution in [3.05, 3.63) is 24.3 Å². The third-order valence-electron chi connectivity index (χ3n) is 4.37. The molecule has 1 saturated heterocycles. The maximum Gasteiger partial charge on any atom is 0.323 e. The van der Waals surface area contributed by atoms with E-state index in [2.05, 4.69) is 6.92 Å². The van der Waals surface area contributed by atoms with Crippen molar-refractivity contribution < 1.29 is 23.1 Å². The van der Waals surface area contributed by atoms with Gasteiger partial charge in [0, 0.05) is 11.3 Å². The first kappa shape index (κ1) is 21.1. The van der Waals surface area contributed by atoms with Gasteiger partial charge in [0.25, 0.3) is 0 Å². The largest absolute Gasteiger partial charge is 0.494 e. The molecule has 1 N–H and O–H groups in total. The van der Waals surface area contributed by atoms with Crippen LogP contribution in [-0.2, 0) is 14.8 Å². The molecule has 1 atom stereocenters. The number of rotatable bonds is 7. The highest BCUT2D eigenvalue weighted by molar-refractivity contribution is 8.00. The van der Waals surface area contributed by atoms with Gasteiger partial charge in [-0.25, -0.2) is 8.42 Å². The highest BCUT2D eigenvalue weighted by atomic mass is 32.2. The lowest BCUT2D eigenvalue weighted by Gasteiger charge is -2.35. The lowest BCUT2D eigenvalue weighted by Crippen LogP contribution is -2.54. The van der Waals surface area contributed by atoms with Crippen molar-refractivity contribution in [1.82, 2.24) is 4.31 Å². The predicted octanol–water partition coefficient (Wildman–Crippen LogP) is 3.22. The molecule has 1 fully saturated rings. The van der Waals surface area contributed by atoms with Gasteiger partial charge in [0.05, 0.1) is 11.5 Å². The summed E-state index contributed by atoms with van der Waals surface area (Å²) < 4.78 is 32.3. The Morgan fingerprint density at radius 3 is 2.58 bits per heavy atom. The van der Waals surface area contributed by atoms with Gasteiger partial charge in [0.2, 0.25) is 10.0 Å². The molecule has 2 rings (SSSR count). The molecule has 0 aliphatic carbocycles. The maximum absolute atomic E-state index is 13.1. The third kappa shape index (κ3) is 4.72.